The van der Waals surface area contributed by atoms with E-state index in [1.807, 2.05) is 30.3 Å². The van der Waals surface area contributed by atoms with Crippen LogP contribution in [0.4, 0.5) is 4.39 Å². The van der Waals surface area contributed by atoms with Crippen LogP contribution in [0.15, 0.2) is 61.2 Å². The van der Waals surface area contributed by atoms with E-state index in [2.05, 4.69) is 6.58 Å². The summed E-state index contributed by atoms with van der Waals surface area (Å²) in [6.45, 7) is 5.42. The SMILES string of the molecule is C=CCN1CCN(C(=O)COC)CC(Cc2ccccc2-c2cccc(F)c2)C1=O. The van der Waals surface area contributed by atoms with E-state index in [1.165, 1.54) is 19.2 Å². The Labute approximate surface area is 176 Å². The third-order valence-corrected chi connectivity index (χ3v) is 5.33. The van der Waals surface area contributed by atoms with Crippen molar-refractivity contribution >= 4 is 11.8 Å². The van der Waals surface area contributed by atoms with E-state index in [0.29, 0.717) is 32.6 Å². The smallest absolute Gasteiger partial charge is 0.248 e. The molecule has 1 aliphatic heterocycles. The van der Waals surface area contributed by atoms with Crippen molar-refractivity contribution in [2.24, 2.45) is 5.92 Å². The predicted octanol–water partition coefficient (Wildman–Crippen LogP) is 3.15. The van der Waals surface area contributed by atoms with Gasteiger partial charge < -0.3 is 14.5 Å². The first-order valence-corrected chi connectivity index (χ1v) is 10.0. The summed E-state index contributed by atoms with van der Waals surface area (Å²) in [5.41, 5.74) is 2.60. The molecule has 5 nitrogen and oxygen atoms in total. The quantitative estimate of drug-likeness (QED) is 0.659. The first-order valence-electron chi connectivity index (χ1n) is 10.0. The average Bonchev–Trinajstić information content (AvgIpc) is 2.89. The number of methoxy groups -OCH3 is 1. The number of ether oxygens (including phenoxy) is 1. The molecule has 2 aromatic rings. The van der Waals surface area contributed by atoms with Crippen LogP contribution in [0.5, 0.6) is 0 Å². The third kappa shape index (κ3) is 5.13. The minimum atomic E-state index is -0.400. The van der Waals surface area contributed by atoms with Crippen LogP contribution in [-0.2, 0) is 20.7 Å². The number of amides is 2. The lowest BCUT2D eigenvalue weighted by atomic mass is 9.91. The Balaban J connectivity index is 1.91. The van der Waals surface area contributed by atoms with Crippen LogP contribution >= 0.6 is 0 Å². The summed E-state index contributed by atoms with van der Waals surface area (Å²) >= 11 is 0. The number of hydrogen-bond donors (Lipinski definition) is 0. The Bertz CT molecular complexity index is 915. The van der Waals surface area contributed by atoms with Gasteiger partial charge in [-0.2, -0.15) is 0 Å². The molecule has 0 radical (unpaired) electrons. The van der Waals surface area contributed by atoms with Gasteiger partial charge in [0.25, 0.3) is 0 Å². The number of rotatable bonds is 7. The zero-order valence-electron chi connectivity index (χ0n) is 17.2. The molecule has 6 heteroatoms. The second-order valence-corrected chi connectivity index (χ2v) is 7.41. The minimum Gasteiger partial charge on any atom is -0.375 e. The molecule has 1 heterocycles. The van der Waals surface area contributed by atoms with Gasteiger partial charge in [-0.15, -0.1) is 6.58 Å². The zero-order chi connectivity index (χ0) is 21.5. The lowest BCUT2D eigenvalue weighted by Crippen LogP contribution is -2.39. The van der Waals surface area contributed by atoms with Gasteiger partial charge in [0.05, 0.1) is 5.92 Å². The molecule has 1 aliphatic rings. The van der Waals surface area contributed by atoms with Gasteiger partial charge in [-0.05, 0) is 35.2 Å². The first kappa shape index (κ1) is 21.7. The topological polar surface area (TPSA) is 49.9 Å². The molecule has 2 amide bonds. The maximum atomic E-state index is 13.8. The summed E-state index contributed by atoms with van der Waals surface area (Å²) in [7, 11) is 1.48. The molecule has 1 unspecified atom stereocenters. The number of hydrogen-bond acceptors (Lipinski definition) is 3. The number of halogens is 1. The molecule has 1 fully saturated rings. The van der Waals surface area contributed by atoms with Crippen LogP contribution in [0.1, 0.15) is 5.56 Å². The standard InChI is InChI=1S/C24H27FN2O3/c1-3-11-26-12-13-27(23(28)17-30-2)16-20(24(26)29)14-18-7-4-5-10-22(18)19-8-6-9-21(25)15-19/h3-10,15,20H,1,11-14,16-17H2,2H3. The summed E-state index contributed by atoms with van der Waals surface area (Å²) in [6.07, 6.45) is 2.15. The molecule has 0 bridgehead atoms. The molecule has 0 saturated carbocycles. The fraction of sp³-hybridized carbons (Fsp3) is 0.333. The van der Waals surface area contributed by atoms with Crippen LogP contribution in [-0.4, -0.2) is 61.5 Å². The molecule has 1 saturated heterocycles. The highest BCUT2D eigenvalue weighted by Gasteiger charge is 2.32. The van der Waals surface area contributed by atoms with Crippen molar-refractivity contribution in [1.29, 1.82) is 0 Å². The van der Waals surface area contributed by atoms with Crippen molar-refractivity contribution in [3.8, 4) is 11.1 Å². The second-order valence-electron chi connectivity index (χ2n) is 7.41. The first-order chi connectivity index (χ1) is 14.5. The van der Waals surface area contributed by atoms with Crippen molar-refractivity contribution in [3.63, 3.8) is 0 Å². The molecule has 0 spiro atoms. The molecule has 0 N–H and O–H groups in total. The highest BCUT2D eigenvalue weighted by molar-refractivity contribution is 5.83. The van der Waals surface area contributed by atoms with Crippen LogP contribution in [0.2, 0.25) is 0 Å². The molecule has 158 valence electrons. The molecular weight excluding hydrogens is 383 g/mol. The monoisotopic (exact) mass is 410 g/mol. The van der Waals surface area contributed by atoms with Crippen LogP contribution in [0.3, 0.4) is 0 Å². The molecular formula is C24H27FN2O3. The van der Waals surface area contributed by atoms with Gasteiger partial charge in [-0.25, -0.2) is 4.39 Å². The van der Waals surface area contributed by atoms with E-state index < -0.39 is 5.92 Å². The van der Waals surface area contributed by atoms with Crippen molar-refractivity contribution in [2.75, 3.05) is 39.9 Å². The summed E-state index contributed by atoms with van der Waals surface area (Å²) in [5, 5.41) is 0. The Morgan fingerprint density at radius 1 is 1.23 bits per heavy atom. The molecule has 3 rings (SSSR count). The predicted molar refractivity (Wildman–Crippen MR) is 114 cm³/mol. The van der Waals surface area contributed by atoms with E-state index in [0.717, 1.165) is 16.7 Å². The van der Waals surface area contributed by atoms with E-state index in [1.54, 1.807) is 21.9 Å². The highest BCUT2D eigenvalue weighted by Crippen LogP contribution is 2.27. The normalized spacial score (nSPS) is 17.0. The summed E-state index contributed by atoms with van der Waals surface area (Å²) < 4.78 is 18.8. The van der Waals surface area contributed by atoms with Gasteiger partial charge >= 0.3 is 0 Å². The van der Waals surface area contributed by atoms with Crippen molar-refractivity contribution in [3.05, 3.63) is 72.6 Å². The van der Waals surface area contributed by atoms with E-state index in [-0.39, 0.29) is 24.2 Å². The maximum absolute atomic E-state index is 13.8. The molecule has 0 aliphatic carbocycles. The third-order valence-electron chi connectivity index (χ3n) is 5.33. The maximum Gasteiger partial charge on any atom is 0.248 e. The van der Waals surface area contributed by atoms with Gasteiger partial charge in [-0.3, -0.25) is 9.59 Å². The zero-order valence-corrected chi connectivity index (χ0v) is 17.2. The number of nitrogens with zero attached hydrogens (tertiary/aromatic N) is 2. The van der Waals surface area contributed by atoms with Gasteiger partial charge in [-0.1, -0.05) is 42.5 Å². The Morgan fingerprint density at radius 3 is 2.77 bits per heavy atom. The lowest BCUT2D eigenvalue weighted by Gasteiger charge is -2.24. The molecule has 0 aromatic heterocycles. The van der Waals surface area contributed by atoms with Gasteiger partial charge in [0, 0.05) is 33.3 Å². The highest BCUT2D eigenvalue weighted by atomic mass is 19.1. The Kier molecular flexibility index (Phi) is 7.36. The van der Waals surface area contributed by atoms with E-state index in [4.69, 9.17) is 4.74 Å². The largest absolute Gasteiger partial charge is 0.375 e. The van der Waals surface area contributed by atoms with Crippen LogP contribution in [0.25, 0.3) is 11.1 Å². The fourth-order valence-corrected chi connectivity index (χ4v) is 3.88. The Morgan fingerprint density at radius 2 is 2.03 bits per heavy atom. The van der Waals surface area contributed by atoms with Crippen molar-refractivity contribution in [2.45, 2.75) is 6.42 Å². The molecule has 30 heavy (non-hydrogen) atoms. The number of benzene rings is 2. The minimum absolute atomic E-state index is 0.00309. The van der Waals surface area contributed by atoms with Gasteiger partial charge in [0.1, 0.15) is 12.4 Å². The molecule has 2 aromatic carbocycles. The summed E-state index contributed by atoms with van der Waals surface area (Å²) in [5.74, 6) is -0.838. The number of carbonyl (C=O) groups is 2. The second kappa shape index (κ2) is 10.2. The summed E-state index contributed by atoms with van der Waals surface area (Å²) in [6, 6.07) is 14.1. The fourth-order valence-electron chi connectivity index (χ4n) is 3.88. The van der Waals surface area contributed by atoms with Crippen LogP contribution in [0, 0.1) is 11.7 Å². The van der Waals surface area contributed by atoms with Crippen LogP contribution < -0.4 is 0 Å². The summed E-state index contributed by atoms with van der Waals surface area (Å²) in [4.78, 5) is 29.1. The van der Waals surface area contributed by atoms with E-state index >= 15 is 0 Å². The van der Waals surface area contributed by atoms with Crippen molar-refractivity contribution < 1.29 is 18.7 Å². The van der Waals surface area contributed by atoms with Gasteiger partial charge in [0.2, 0.25) is 11.8 Å². The average molecular weight is 410 g/mol. The lowest BCUT2D eigenvalue weighted by molar-refractivity contribution is -0.136. The van der Waals surface area contributed by atoms with Gasteiger partial charge in [0.15, 0.2) is 0 Å². The number of carbonyl (C=O) groups excluding carboxylic acids is 2. The molecule has 1 atom stereocenters. The van der Waals surface area contributed by atoms with E-state index in [9.17, 15) is 14.0 Å². The Hall–Kier alpha value is -2.99. The van der Waals surface area contributed by atoms with Crippen molar-refractivity contribution in [1.82, 2.24) is 9.80 Å².